The first-order chi connectivity index (χ1) is 9.08. The van der Waals surface area contributed by atoms with Gasteiger partial charge in [0, 0.05) is 18.7 Å². The maximum Gasteiger partial charge on any atom is 0.325 e. The van der Waals surface area contributed by atoms with Crippen molar-refractivity contribution in [3.63, 3.8) is 0 Å². The van der Waals surface area contributed by atoms with Gasteiger partial charge in [-0.1, -0.05) is 0 Å². The van der Waals surface area contributed by atoms with Gasteiger partial charge in [0.1, 0.15) is 17.7 Å². The molecule has 1 aliphatic rings. The number of halogens is 2. The third kappa shape index (κ3) is 3.48. The van der Waals surface area contributed by atoms with E-state index in [1.165, 1.54) is 0 Å². The summed E-state index contributed by atoms with van der Waals surface area (Å²) in [4.78, 5) is 11.2. The van der Waals surface area contributed by atoms with E-state index in [1.807, 2.05) is 0 Å². The smallest absolute Gasteiger partial charge is 0.325 e. The van der Waals surface area contributed by atoms with Crippen LogP contribution in [0, 0.1) is 11.6 Å². The van der Waals surface area contributed by atoms with Crippen LogP contribution in [0.4, 0.5) is 8.78 Å². The molecule has 6 heteroatoms. The van der Waals surface area contributed by atoms with Crippen molar-refractivity contribution in [2.75, 3.05) is 13.2 Å². The number of rotatable bonds is 5. The lowest BCUT2D eigenvalue weighted by Crippen LogP contribution is -2.35. The number of hydrogen-bond donors (Lipinski definition) is 2. The van der Waals surface area contributed by atoms with Crippen LogP contribution >= 0.6 is 0 Å². The lowest BCUT2D eigenvalue weighted by atomic mass is 10.1. The van der Waals surface area contributed by atoms with E-state index in [0.717, 1.165) is 31.0 Å². The van der Waals surface area contributed by atoms with Crippen LogP contribution in [0.1, 0.15) is 24.4 Å². The lowest BCUT2D eigenvalue weighted by Gasteiger charge is -2.18. The van der Waals surface area contributed by atoms with Gasteiger partial charge in [0.05, 0.1) is 6.10 Å². The van der Waals surface area contributed by atoms with Crippen LogP contribution in [0.5, 0.6) is 0 Å². The fraction of sp³-hybridized carbons (Fsp3) is 0.462. The minimum absolute atomic E-state index is 0.0709. The summed E-state index contributed by atoms with van der Waals surface area (Å²) in [5.41, 5.74) is -0.203. The third-order valence-electron chi connectivity index (χ3n) is 3.09. The molecule has 1 saturated heterocycles. The van der Waals surface area contributed by atoms with Crippen molar-refractivity contribution in [1.82, 2.24) is 5.32 Å². The molecule has 0 bridgehead atoms. The second kappa shape index (κ2) is 6.08. The molecule has 0 spiro atoms. The highest BCUT2D eigenvalue weighted by Gasteiger charge is 2.25. The quantitative estimate of drug-likeness (QED) is 0.858. The zero-order valence-corrected chi connectivity index (χ0v) is 10.2. The summed E-state index contributed by atoms with van der Waals surface area (Å²) in [6, 6.07) is 1.50. The molecule has 104 valence electrons. The van der Waals surface area contributed by atoms with Gasteiger partial charge < -0.3 is 9.84 Å². The molecule has 2 atom stereocenters. The molecule has 2 unspecified atom stereocenters. The Morgan fingerprint density at radius 3 is 2.95 bits per heavy atom. The van der Waals surface area contributed by atoms with Crippen LogP contribution in [-0.2, 0) is 9.53 Å². The molecule has 1 heterocycles. The van der Waals surface area contributed by atoms with Gasteiger partial charge in [0.15, 0.2) is 0 Å². The van der Waals surface area contributed by atoms with Crippen LogP contribution in [0.15, 0.2) is 18.2 Å². The Hall–Kier alpha value is -1.53. The molecule has 0 amide bonds. The number of carboxylic acid groups (broad SMARTS) is 1. The Labute approximate surface area is 109 Å². The average Bonchev–Trinajstić information content (AvgIpc) is 2.86. The molecule has 19 heavy (non-hydrogen) atoms. The zero-order chi connectivity index (χ0) is 13.8. The first-order valence-electron chi connectivity index (χ1n) is 6.10. The zero-order valence-electron chi connectivity index (χ0n) is 10.2. The van der Waals surface area contributed by atoms with Crippen molar-refractivity contribution in [3.05, 3.63) is 35.4 Å². The molecule has 0 radical (unpaired) electrons. The topological polar surface area (TPSA) is 58.6 Å². The van der Waals surface area contributed by atoms with Crippen LogP contribution in [-0.4, -0.2) is 30.3 Å². The minimum atomic E-state index is -1.28. The van der Waals surface area contributed by atoms with Gasteiger partial charge in [-0.2, -0.15) is 0 Å². The molecular formula is C13H15F2NO3. The summed E-state index contributed by atoms with van der Waals surface area (Å²) in [6.45, 7) is 0.950. The van der Waals surface area contributed by atoms with Crippen LogP contribution in [0.2, 0.25) is 0 Å². The Bertz CT molecular complexity index is 461. The van der Waals surface area contributed by atoms with Crippen molar-refractivity contribution in [2.24, 2.45) is 0 Å². The van der Waals surface area contributed by atoms with Gasteiger partial charge in [0.2, 0.25) is 0 Å². The molecule has 2 rings (SSSR count). The summed E-state index contributed by atoms with van der Waals surface area (Å²) >= 11 is 0. The molecule has 1 aliphatic heterocycles. The van der Waals surface area contributed by atoms with E-state index in [1.54, 1.807) is 0 Å². The van der Waals surface area contributed by atoms with Crippen LogP contribution in [0.25, 0.3) is 0 Å². The highest BCUT2D eigenvalue weighted by atomic mass is 19.1. The predicted octanol–water partition coefficient (Wildman–Crippen LogP) is 1.86. The van der Waals surface area contributed by atoms with E-state index in [0.29, 0.717) is 13.2 Å². The molecular weight excluding hydrogens is 256 g/mol. The predicted molar refractivity (Wildman–Crippen MR) is 63.7 cm³/mol. The molecule has 1 aromatic carbocycles. The third-order valence-corrected chi connectivity index (χ3v) is 3.09. The standard InChI is InChI=1S/C13H15F2NO3/c14-8-3-4-11(15)10(6-8)12(13(17)18)16-7-9-2-1-5-19-9/h3-4,6,9,12,16H,1-2,5,7H2,(H,17,18). The van der Waals surface area contributed by atoms with E-state index in [9.17, 15) is 13.6 Å². The number of hydrogen-bond acceptors (Lipinski definition) is 3. The van der Waals surface area contributed by atoms with E-state index in [4.69, 9.17) is 9.84 Å². The molecule has 4 nitrogen and oxygen atoms in total. The van der Waals surface area contributed by atoms with Gasteiger partial charge >= 0.3 is 5.97 Å². The highest BCUT2D eigenvalue weighted by Crippen LogP contribution is 2.20. The fourth-order valence-electron chi connectivity index (χ4n) is 2.12. The first-order valence-corrected chi connectivity index (χ1v) is 6.10. The van der Waals surface area contributed by atoms with Gasteiger partial charge in [-0.25, -0.2) is 8.78 Å². The average molecular weight is 271 g/mol. The Morgan fingerprint density at radius 2 is 2.32 bits per heavy atom. The summed E-state index contributed by atoms with van der Waals surface area (Å²) < 4.78 is 32.0. The summed E-state index contributed by atoms with van der Waals surface area (Å²) in [5, 5.41) is 11.8. The van der Waals surface area contributed by atoms with Gasteiger partial charge in [-0.15, -0.1) is 0 Å². The molecule has 0 saturated carbocycles. The molecule has 2 N–H and O–H groups in total. The highest BCUT2D eigenvalue weighted by molar-refractivity contribution is 5.75. The fourth-order valence-corrected chi connectivity index (χ4v) is 2.12. The van der Waals surface area contributed by atoms with Gasteiger partial charge in [0.25, 0.3) is 0 Å². The van der Waals surface area contributed by atoms with E-state index in [-0.39, 0.29) is 11.7 Å². The summed E-state index contributed by atoms with van der Waals surface area (Å²) in [5.74, 6) is -2.65. The van der Waals surface area contributed by atoms with E-state index in [2.05, 4.69) is 5.32 Å². The Kier molecular flexibility index (Phi) is 4.44. The Balaban J connectivity index is 2.10. The van der Waals surface area contributed by atoms with Crippen LogP contribution < -0.4 is 5.32 Å². The van der Waals surface area contributed by atoms with Crippen molar-refractivity contribution < 1.29 is 23.4 Å². The Morgan fingerprint density at radius 1 is 1.53 bits per heavy atom. The molecule has 1 aromatic rings. The minimum Gasteiger partial charge on any atom is -0.480 e. The molecule has 0 aromatic heterocycles. The SMILES string of the molecule is O=C(O)C(NCC1CCCO1)c1cc(F)ccc1F. The lowest BCUT2D eigenvalue weighted by molar-refractivity contribution is -0.139. The monoisotopic (exact) mass is 271 g/mol. The number of nitrogens with one attached hydrogen (secondary N) is 1. The van der Waals surface area contributed by atoms with Crippen molar-refractivity contribution in [1.29, 1.82) is 0 Å². The van der Waals surface area contributed by atoms with Crippen molar-refractivity contribution in [3.8, 4) is 0 Å². The normalized spacial score (nSPS) is 20.4. The summed E-state index contributed by atoms with van der Waals surface area (Å²) in [7, 11) is 0. The second-order valence-electron chi connectivity index (χ2n) is 4.48. The number of aliphatic carboxylic acids is 1. The van der Waals surface area contributed by atoms with Crippen LogP contribution in [0.3, 0.4) is 0 Å². The van der Waals surface area contributed by atoms with Gasteiger partial charge in [-0.3, -0.25) is 10.1 Å². The maximum atomic E-state index is 13.6. The van der Waals surface area contributed by atoms with Gasteiger partial charge in [-0.05, 0) is 31.0 Å². The number of benzene rings is 1. The van der Waals surface area contributed by atoms with E-state index >= 15 is 0 Å². The molecule has 1 fully saturated rings. The van der Waals surface area contributed by atoms with E-state index < -0.39 is 23.6 Å². The number of carboxylic acids is 1. The number of ether oxygens (including phenoxy) is 1. The maximum absolute atomic E-state index is 13.6. The van der Waals surface area contributed by atoms with Crippen molar-refractivity contribution in [2.45, 2.75) is 25.0 Å². The first kappa shape index (κ1) is 13.9. The van der Waals surface area contributed by atoms with Crippen molar-refractivity contribution >= 4 is 5.97 Å². The molecule has 0 aliphatic carbocycles. The second-order valence-corrected chi connectivity index (χ2v) is 4.48. The largest absolute Gasteiger partial charge is 0.480 e. The summed E-state index contributed by atoms with van der Waals surface area (Å²) in [6.07, 6.45) is 1.70. The number of carbonyl (C=O) groups is 1.